The first-order valence-electron chi connectivity index (χ1n) is 7.90. The second-order valence-corrected chi connectivity index (χ2v) is 8.00. The minimum absolute atomic E-state index is 0.110. The number of alkyl halides is 3. The number of oxime groups is 1. The molecule has 0 bridgehead atoms. The molecular weight excluding hydrogens is 452 g/mol. The predicted molar refractivity (Wildman–Crippen MR) is 106 cm³/mol. The van der Waals surface area contributed by atoms with Gasteiger partial charge in [-0.3, -0.25) is 0 Å². The van der Waals surface area contributed by atoms with Crippen molar-refractivity contribution >= 4 is 39.4 Å². The molecule has 0 heterocycles. The van der Waals surface area contributed by atoms with Crippen LogP contribution < -0.4 is 4.84 Å². The van der Waals surface area contributed by atoms with E-state index in [-0.39, 0.29) is 16.3 Å². The fourth-order valence-corrected chi connectivity index (χ4v) is 2.44. The average Bonchev–Trinajstić information content (AvgIpc) is 2.54. The van der Waals surface area contributed by atoms with E-state index >= 15 is 0 Å². The molecule has 11 heteroatoms. The second kappa shape index (κ2) is 10.1. The maximum Gasteiger partial charge on any atom is 0.417 e. The van der Waals surface area contributed by atoms with Crippen LogP contribution in [0.15, 0.2) is 47.6 Å². The molecule has 0 unspecified atom stereocenters. The topological polar surface area (TPSA) is 79.6 Å². The molecule has 0 amide bonds. The van der Waals surface area contributed by atoms with Gasteiger partial charge in [-0.05, 0) is 42.5 Å². The van der Waals surface area contributed by atoms with E-state index in [2.05, 4.69) is 5.16 Å². The highest BCUT2D eigenvalue weighted by Gasteiger charge is 2.37. The normalized spacial score (nSPS) is 12.1. The monoisotopic (exact) mass is 468 g/mol. The largest absolute Gasteiger partial charge is 0.417 e. The van der Waals surface area contributed by atoms with Crippen LogP contribution in [0.25, 0.3) is 0 Å². The van der Waals surface area contributed by atoms with Crippen LogP contribution in [0.5, 0.6) is 5.75 Å². The molecule has 2 aromatic carbocycles. The smallest absolute Gasteiger partial charge is 0.357 e. The van der Waals surface area contributed by atoms with Crippen LogP contribution >= 0.6 is 23.2 Å². The van der Waals surface area contributed by atoms with E-state index < -0.39 is 27.7 Å². The Morgan fingerprint density at radius 3 is 1.93 bits per heavy atom. The lowest BCUT2D eigenvalue weighted by Crippen LogP contribution is -2.26. The Hall–Kier alpha value is -2.10. The molecule has 0 atom stereocenters. The van der Waals surface area contributed by atoms with Crippen LogP contribution in [0.2, 0.25) is 10.0 Å². The summed E-state index contributed by atoms with van der Waals surface area (Å²) in [6, 6.07) is 9.76. The first-order chi connectivity index (χ1) is 13.2. The summed E-state index contributed by atoms with van der Waals surface area (Å²) in [5.41, 5.74) is -1.50. The van der Waals surface area contributed by atoms with Crippen molar-refractivity contribution in [2.24, 2.45) is 10.6 Å². The number of halogens is 5. The molecule has 1 N–H and O–H groups in total. The number of hydrogen-bond acceptors (Lipinski definition) is 5. The van der Waals surface area contributed by atoms with Crippen molar-refractivity contribution in [3.63, 3.8) is 0 Å². The minimum Gasteiger partial charge on any atom is -0.357 e. The number of rotatable bonds is 3. The Labute approximate surface area is 177 Å². The lowest BCUT2D eigenvalue weighted by Gasteiger charge is -2.24. The van der Waals surface area contributed by atoms with Crippen LogP contribution in [0.4, 0.5) is 13.2 Å². The molecule has 2 rings (SSSR count). The molecule has 2 aromatic rings. The highest BCUT2D eigenvalue weighted by molar-refractivity contribution is 7.60. The molecule has 158 valence electrons. The van der Waals surface area contributed by atoms with Gasteiger partial charge in [0.15, 0.2) is 5.75 Å². The molecule has 0 aliphatic rings. The summed E-state index contributed by atoms with van der Waals surface area (Å²) < 4.78 is 63.0. The van der Waals surface area contributed by atoms with Gasteiger partial charge >= 0.3 is 16.7 Å². The minimum atomic E-state index is -4.54. The molecular formula is C18H17Cl2F3N2O3S. The number of nitrogens with one attached hydrogen (secondary N) is 1. The number of nitrogens with zero attached hydrogens (tertiary/aromatic N) is 1. The zero-order valence-electron chi connectivity index (χ0n) is 15.5. The van der Waals surface area contributed by atoms with Crippen molar-refractivity contribution in [3.8, 4) is 5.75 Å². The molecule has 0 aromatic heterocycles. The third-order valence-corrected chi connectivity index (χ3v) is 3.80. The summed E-state index contributed by atoms with van der Waals surface area (Å²) in [7, 11) is -2.61. The van der Waals surface area contributed by atoms with Gasteiger partial charge in [0, 0.05) is 21.0 Å². The van der Waals surface area contributed by atoms with Crippen molar-refractivity contribution in [1.29, 1.82) is 4.78 Å². The zero-order chi connectivity index (χ0) is 22.4. The average molecular weight is 469 g/mol. The molecule has 0 aliphatic heterocycles. The van der Waals surface area contributed by atoms with Gasteiger partial charge in [-0.25, -0.2) is 0 Å². The molecule has 5 nitrogen and oxygen atoms in total. The predicted octanol–water partition coefficient (Wildman–Crippen LogP) is 6.47. The van der Waals surface area contributed by atoms with Gasteiger partial charge in [-0.2, -0.15) is 26.4 Å². The quantitative estimate of drug-likeness (QED) is 0.413. The SMILES string of the molecule is CC(C)(C)/C(=N\Oc1ccc(Cl)cc1)c1cc(Cl)ccc1C(F)(F)F.N=S(=O)=O. The maximum atomic E-state index is 13.4. The number of benzene rings is 2. The molecule has 0 aliphatic carbocycles. The van der Waals surface area contributed by atoms with E-state index in [9.17, 15) is 13.2 Å². The van der Waals surface area contributed by atoms with Gasteiger partial charge in [-0.1, -0.05) is 49.1 Å². The standard InChI is InChI=1S/C18H16Cl2F3NO.HNO2S/c1-17(2,3)16(24-25-13-7-4-11(19)5-8-13)14-10-12(20)6-9-15(14)18(21,22)23;1-4(2)3/h4-10H,1-3H3;1H/b24-16-;. The Morgan fingerprint density at radius 2 is 1.48 bits per heavy atom. The van der Waals surface area contributed by atoms with Crippen LogP contribution in [-0.4, -0.2) is 14.1 Å². The Balaban J connectivity index is 0.000000960. The van der Waals surface area contributed by atoms with Crippen LogP contribution in [0.1, 0.15) is 31.9 Å². The maximum absolute atomic E-state index is 13.4. The highest BCUT2D eigenvalue weighted by atomic mass is 35.5. The van der Waals surface area contributed by atoms with Gasteiger partial charge in [0.05, 0.1) is 11.3 Å². The molecule has 0 saturated carbocycles. The molecule has 0 fully saturated rings. The third-order valence-electron chi connectivity index (χ3n) is 3.31. The first kappa shape index (κ1) is 24.9. The van der Waals surface area contributed by atoms with Crippen LogP contribution in [0, 0.1) is 10.2 Å². The fourth-order valence-electron chi connectivity index (χ4n) is 2.14. The number of hydrogen-bond donors (Lipinski definition) is 1. The lowest BCUT2D eigenvalue weighted by molar-refractivity contribution is -0.137. The van der Waals surface area contributed by atoms with E-state index in [4.69, 9.17) is 41.2 Å². The second-order valence-electron chi connectivity index (χ2n) is 6.66. The Bertz CT molecular complexity index is 979. The van der Waals surface area contributed by atoms with Gasteiger partial charge < -0.3 is 4.84 Å². The first-order valence-corrected chi connectivity index (χ1v) is 9.73. The molecule has 29 heavy (non-hydrogen) atoms. The van der Waals surface area contributed by atoms with Gasteiger partial charge in [-0.15, -0.1) is 0 Å². The van der Waals surface area contributed by atoms with Crippen molar-refractivity contribution < 1.29 is 26.4 Å². The van der Waals surface area contributed by atoms with E-state index in [1.54, 1.807) is 45.0 Å². The summed E-state index contributed by atoms with van der Waals surface area (Å²) in [5, 5.41) is 4.70. The molecule has 0 spiro atoms. The van der Waals surface area contributed by atoms with Gasteiger partial charge in [0.1, 0.15) is 0 Å². The fraction of sp³-hybridized carbons (Fsp3) is 0.278. The third kappa shape index (κ3) is 8.43. The van der Waals surface area contributed by atoms with Gasteiger partial charge in [0.25, 0.3) is 0 Å². The Morgan fingerprint density at radius 1 is 1.00 bits per heavy atom. The zero-order valence-corrected chi connectivity index (χ0v) is 17.8. The summed E-state index contributed by atoms with van der Waals surface area (Å²) in [6.07, 6.45) is -4.54. The summed E-state index contributed by atoms with van der Waals surface area (Å²) in [4.78, 5) is 5.33. The van der Waals surface area contributed by atoms with Crippen LogP contribution in [0.3, 0.4) is 0 Å². The van der Waals surface area contributed by atoms with Crippen molar-refractivity contribution in [2.45, 2.75) is 26.9 Å². The summed E-state index contributed by atoms with van der Waals surface area (Å²) in [6.45, 7) is 5.24. The van der Waals surface area contributed by atoms with Crippen molar-refractivity contribution in [3.05, 3.63) is 63.6 Å². The summed E-state index contributed by atoms with van der Waals surface area (Å²) in [5.74, 6) is 0.363. The van der Waals surface area contributed by atoms with Gasteiger partial charge in [0.2, 0.25) is 0 Å². The lowest BCUT2D eigenvalue weighted by atomic mass is 9.83. The van der Waals surface area contributed by atoms with Crippen molar-refractivity contribution in [2.75, 3.05) is 0 Å². The molecule has 0 saturated heterocycles. The van der Waals surface area contributed by atoms with Crippen LogP contribution in [-0.2, 0) is 16.7 Å². The Kier molecular flexibility index (Phi) is 8.67. The highest BCUT2D eigenvalue weighted by Crippen LogP contribution is 2.36. The molecule has 0 radical (unpaired) electrons. The van der Waals surface area contributed by atoms with E-state index in [1.165, 1.54) is 12.1 Å². The van der Waals surface area contributed by atoms with Crippen molar-refractivity contribution in [1.82, 2.24) is 0 Å². The van der Waals surface area contributed by atoms with E-state index in [0.29, 0.717) is 10.8 Å². The summed E-state index contributed by atoms with van der Waals surface area (Å²) >= 11 is 11.7. The van der Waals surface area contributed by atoms with E-state index in [1.807, 2.05) is 0 Å². The van der Waals surface area contributed by atoms with E-state index in [0.717, 1.165) is 6.07 Å².